The summed E-state index contributed by atoms with van der Waals surface area (Å²) >= 11 is 1.31. The van der Waals surface area contributed by atoms with Crippen molar-refractivity contribution in [3.63, 3.8) is 0 Å². The lowest BCUT2D eigenvalue weighted by Crippen LogP contribution is -2.36. The molecule has 3 rings (SSSR count). The zero-order valence-corrected chi connectivity index (χ0v) is 19.4. The number of aromatic amines is 1. The average molecular weight is 455 g/mol. The quantitative estimate of drug-likeness (QED) is 0.189. The Morgan fingerprint density at radius 2 is 1.94 bits per heavy atom. The van der Waals surface area contributed by atoms with Gasteiger partial charge in [0, 0.05) is 11.6 Å². The number of hydrogen-bond acceptors (Lipinski definition) is 6. The second-order valence-electron chi connectivity index (χ2n) is 8.25. The van der Waals surface area contributed by atoms with Gasteiger partial charge in [-0.1, -0.05) is 32.9 Å². The molecule has 0 radical (unpaired) electrons. The fourth-order valence-electron chi connectivity index (χ4n) is 3.05. The Kier molecular flexibility index (Phi) is 7.19. The molecule has 8 nitrogen and oxygen atoms in total. The summed E-state index contributed by atoms with van der Waals surface area (Å²) in [5, 5.41) is 31.1. The van der Waals surface area contributed by atoms with Crippen LogP contribution in [0, 0.1) is 0 Å². The minimum absolute atomic E-state index is 0.0483. The number of nitrogens with zero attached hydrogens (tertiary/aromatic N) is 3. The second-order valence-corrected chi connectivity index (χ2v) is 9.19. The van der Waals surface area contributed by atoms with Crippen LogP contribution >= 0.6 is 11.8 Å². The van der Waals surface area contributed by atoms with Crippen LogP contribution in [0.3, 0.4) is 0 Å². The predicted octanol–water partition coefficient (Wildman–Crippen LogP) is 3.34. The maximum atomic E-state index is 12.2. The van der Waals surface area contributed by atoms with E-state index in [1.165, 1.54) is 41.7 Å². The van der Waals surface area contributed by atoms with Crippen LogP contribution in [0.1, 0.15) is 38.8 Å². The van der Waals surface area contributed by atoms with Gasteiger partial charge in [0.05, 0.1) is 29.2 Å². The monoisotopic (exact) mass is 454 g/mol. The summed E-state index contributed by atoms with van der Waals surface area (Å²) in [7, 11) is 0. The largest absolute Gasteiger partial charge is 0.508 e. The normalized spacial score (nSPS) is 11.8. The van der Waals surface area contributed by atoms with Crippen LogP contribution in [-0.4, -0.2) is 38.3 Å². The minimum Gasteiger partial charge on any atom is -0.508 e. The predicted molar refractivity (Wildman–Crippen MR) is 125 cm³/mol. The summed E-state index contributed by atoms with van der Waals surface area (Å²) in [5.74, 6) is 0.545. The fraction of sp³-hybridized carbons (Fsp3) is 0.304. The number of carbonyl (C=O) groups excluding carboxylic acids is 1. The first kappa shape index (κ1) is 23.3. The van der Waals surface area contributed by atoms with Gasteiger partial charge < -0.3 is 10.2 Å². The lowest BCUT2D eigenvalue weighted by molar-refractivity contribution is -0.719. The second kappa shape index (κ2) is 9.86. The number of rotatable bonds is 7. The fourth-order valence-corrected chi connectivity index (χ4v) is 3.86. The molecule has 0 saturated carbocycles. The Labute approximate surface area is 191 Å². The molecule has 1 heterocycles. The molecule has 1 amide bonds. The van der Waals surface area contributed by atoms with Gasteiger partial charge in [-0.3, -0.25) is 4.79 Å². The molecule has 3 aromatic rings. The first-order chi connectivity index (χ1) is 15.2. The number of phenols is 2. The van der Waals surface area contributed by atoms with Gasteiger partial charge in [0.2, 0.25) is 0 Å². The van der Waals surface area contributed by atoms with Crippen molar-refractivity contribution in [2.75, 3.05) is 5.75 Å². The van der Waals surface area contributed by atoms with Crippen molar-refractivity contribution in [2.24, 2.45) is 5.10 Å². The summed E-state index contributed by atoms with van der Waals surface area (Å²) in [6.45, 7) is 9.28. The molecule has 4 N–H and O–H groups in total. The molecule has 0 fully saturated rings. The van der Waals surface area contributed by atoms with Crippen LogP contribution in [-0.2, 0) is 16.8 Å². The highest BCUT2D eigenvalue weighted by atomic mass is 32.2. The summed E-state index contributed by atoms with van der Waals surface area (Å²) in [6.07, 6.45) is 1.32. The van der Waals surface area contributed by atoms with E-state index in [1.807, 2.05) is 11.5 Å². The molecule has 0 saturated heterocycles. The molecule has 0 aliphatic heterocycles. The molecule has 0 spiro atoms. The third-order valence-electron chi connectivity index (χ3n) is 4.84. The third-order valence-corrected chi connectivity index (χ3v) is 5.81. The van der Waals surface area contributed by atoms with Crippen LogP contribution in [0.15, 0.2) is 52.7 Å². The van der Waals surface area contributed by atoms with Crippen LogP contribution in [0.4, 0.5) is 0 Å². The molecule has 0 aliphatic rings. The van der Waals surface area contributed by atoms with Gasteiger partial charge in [0.1, 0.15) is 11.5 Å². The molecule has 0 unspecified atom stereocenters. The van der Waals surface area contributed by atoms with Crippen molar-refractivity contribution < 1.29 is 19.6 Å². The number of hydrazone groups is 1. The first-order valence-corrected chi connectivity index (χ1v) is 11.2. The van der Waals surface area contributed by atoms with Crippen molar-refractivity contribution in [2.45, 2.75) is 44.8 Å². The van der Waals surface area contributed by atoms with Crippen LogP contribution in [0.25, 0.3) is 11.4 Å². The molecule has 0 aliphatic carbocycles. The Hall–Kier alpha value is -3.33. The van der Waals surface area contributed by atoms with Gasteiger partial charge in [-0.2, -0.15) is 5.10 Å². The van der Waals surface area contributed by atoms with E-state index in [2.05, 4.69) is 65.8 Å². The number of aromatic hydroxyl groups is 2. The number of benzene rings is 2. The highest BCUT2D eigenvalue weighted by Gasteiger charge is 2.22. The lowest BCUT2D eigenvalue weighted by Gasteiger charge is -2.18. The summed E-state index contributed by atoms with van der Waals surface area (Å²) < 4.78 is 2.03. The van der Waals surface area contributed by atoms with Gasteiger partial charge >= 0.3 is 5.16 Å². The summed E-state index contributed by atoms with van der Waals surface area (Å²) in [5.41, 5.74) is 5.19. The van der Waals surface area contributed by atoms with E-state index in [9.17, 15) is 15.0 Å². The van der Waals surface area contributed by atoms with Gasteiger partial charge in [0.15, 0.2) is 0 Å². The molecule has 2 aromatic carbocycles. The number of H-pyrrole nitrogens is 1. The first-order valence-electron chi connectivity index (χ1n) is 10.2. The highest BCUT2D eigenvalue weighted by molar-refractivity contribution is 7.99. The van der Waals surface area contributed by atoms with Crippen LogP contribution < -0.4 is 9.99 Å². The van der Waals surface area contributed by atoms with Crippen molar-refractivity contribution in [1.82, 2.24) is 15.6 Å². The van der Waals surface area contributed by atoms with Crippen molar-refractivity contribution in [3.05, 3.63) is 53.6 Å². The van der Waals surface area contributed by atoms with E-state index in [0.29, 0.717) is 17.3 Å². The van der Waals surface area contributed by atoms with Crippen LogP contribution in [0.2, 0.25) is 0 Å². The Balaban J connectivity index is 1.62. The topological polar surface area (TPSA) is 114 Å². The maximum absolute atomic E-state index is 12.2. The minimum atomic E-state index is -0.300. The van der Waals surface area contributed by atoms with Crippen LogP contribution in [0.5, 0.6) is 11.5 Å². The Bertz CT molecular complexity index is 1120. The molecule has 32 heavy (non-hydrogen) atoms. The van der Waals surface area contributed by atoms with E-state index in [4.69, 9.17) is 0 Å². The van der Waals surface area contributed by atoms with Gasteiger partial charge in [-0.15, -0.1) is 5.10 Å². The van der Waals surface area contributed by atoms with Gasteiger partial charge in [-0.25, -0.2) is 9.99 Å². The molecular weight excluding hydrogens is 426 g/mol. The van der Waals surface area contributed by atoms with Crippen molar-refractivity contribution in [1.29, 1.82) is 0 Å². The van der Waals surface area contributed by atoms with E-state index in [-0.39, 0.29) is 28.6 Å². The number of nitrogens with one attached hydrogen (secondary N) is 2. The molecular formula is C23H28N5O3S+. The molecule has 9 heteroatoms. The van der Waals surface area contributed by atoms with Gasteiger partial charge in [0.25, 0.3) is 11.7 Å². The number of hydrogen-bond donors (Lipinski definition) is 4. The maximum Gasteiger partial charge on any atom is 0.337 e. The van der Waals surface area contributed by atoms with E-state index >= 15 is 0 Å². The molecule has 168 valence electrons. The van der Waals surface area contributed by atoms with E-state index in [0.717, 1.165) is 11.4 Å². The van der Waals surface area contributed by atoms with E-state index < -0.39 is 0 Å². The molecule has 0 atom stereocenters. The van der Waals surface area contributed by atoms with Crippen molar-refractivity contribution >= 4 is 23.9 Å². The Morgan fingerprint density at radius 1 is 1.22 bits per heavy atom. The van der Waals surface area contributed by atoms with Crippen molar-refractivity contribution in [3.8, 4) is 22.9 Å². The average Bonchev–Trinajstić information content (AvgIpc) is 3.16. The SMILES string of the molecule is CC[n+]1c(SCC(=O)NN=Cc2ccc(O)cc2O)n[nH]c1-c1ccc(C(C)(C)C)cc1. The third kappa shape index (κ3) is 5.67. The zero-order chi connectivity index (χ0) is 23.3. The smallest absolute Gasteiger partial charge is 0.337 e. The number of phenolic OH excluding ortho intramolecular Hbond substituents is 2. The van der Waals surface area contributed by atoms with Gasteiger partial charge in [-0.05, 0) is 53.9 Å². The Morgan fingerprint density at radius 3 is 2.56 bits per heavy atom. The zero-order valence-electron chi connectivity index (χ0n) is 18.6. The van der Waals surface area contributed by atoms with E-state index in [1.54, 1.807) is 0 Å². The number of aromatic nitrogens is 3. The molecule has 0 bridgehead atoms. The number of carbonyl (C=O) groups is 1. The molecule has 1 aromatic heterocycles. The standard InChI is InChI=1S/C23H27N5O3S/c1-5-28-21(15-6-9-17(10-7-15)23(2,3)4)26-27-22(28)32-14-20(31)25-24-13-16-8-11-18(29)12-19(16)30/h6-13H,5,14H2,1-4H3,(H3,24,25,29,30,31)/p+1. The summed E-state index contributed by atoms with van der Waals surface area (Å²) in [4.78, 5) is 12.2. The number of thioether (sulfide) groups is 1. The lowest BCUT2D eigenvalue weighted by atomic mass is 9.87. The highest BCUT2D eigenvalue weighted by Crippen LogP contribution is 2.25. The number of amides is 1. The summed E-state index contributed by atoms with van der Waals surface area (Å²) in [6, 6.07) is 12.5.